The molecule has 1 aromatic rings. The van der Waals surface area contributed by atoms with E-state index in [9.17, 15) is 19.8 Å². The first-order valence-electron chi connectivity index (χ1n) is 6.96. The number of pyridine rings is 1. The van der Waals surface area contributed by atoms with Crippen LogP contribution in [0.4, 0.5) is 4.79 Å². The SMILES string of the molecule is CC(C)(C)OC(=O)NCCC(O)C(O)c1cncc(C=O)c1. The molecular formula is C15H22N2O5. The molecule has 1 aromatic heterocycles. The van der Waals surface area contributed by atoms with Gasteiger partial charge in [0, 0.05) is 30.1 Å². The lowest BCUT2D eigenvalue weighted by Crippen LogP contribution is -2.34. The summed E-state index contributed by atoms with van der Waals surface area (Å²) in [5, 5.41) is 22.4. The monoisotopic (exact) mass is 310 g/mol. The Balaban J connectivity index is 2.46. The van der Waals surface area contributed by atoms with Crippen molar-refractivity contribution in [3.05, 3.63) is 29.6 Å². The summed E-state index contributed by atoms with van der Waals surface area (Å²) < 4.78 is 5.05. The van der Waals surface area contributed by atoms with Crippen molar-refractivity contribution in [3.63, 3.8) is 0 Å². The molecule has 0 saturated heterocycles. The van der Waals surface area contributed by atoms with Gasteiger partial charge in [-0.1, -0.05) is 0 Å². The van der Waals surface area contributed by atoms with Crippen LogP contribution in [0.2, 0.25) is 0 Å². The summed E-state index contributed by atoms with van der Waals surface area (Å²) in [5.41, 5.74) is 0.0633. The molecule has 0 aliphatic heterocycles. The molecule has 7 heteroatoms. The van der Waals surface area contributed by atoms with Gasteiger partial charge < -0.3 is 20.3 Å². The molecule has 7 nitrogen and oxygen atoms in total. The molecule has 0 spiro atoms. The number of hydrogen-bond donors (Lipinski definition) is 3. The minimum Gasteiger partial charge on any atom is -0.444 e. The van der Waals surface area contributed by atoms with Gasteiger partial charge in [-0.15, -0.1) is 0 Å². The van der Waals surface area contributed by atoms with Gasteiger partial charge in [-0.25, -0.2) is 4.79 Å². The Morgan fingerprint density at radius 2 is 2.09 bits per heavy atom. The number of aliphatic hydroxyl groups is 2. The van der Waals surface area contributed by atoms with Gasteiger partial charge in [0.15, 0.2) is 6.29 Å². The highest BCUT2D eigenvalue weighted by Gasteiger charge is 2.20. The van der Waals surface area contributed by atoms with Gasteiger partial charge in [-0.2, -0.15) is 0 Å². The number of ether oxygens (including phenoxy) is 1. The summed E-state index contributed by atoms with van der Waals surface area (Å²) in [5.74, 6) is 0. The van der Waals surface area contributed by atoms with Crippen molar-refractivity contribution in [2.24, 2.45) is 0 Å². The van der Waals surface area contributed by atoms with Crippen molar-refractivity contribution in [2.45, 2.75) is 45.0 Å². The number of alkyl carbamates (subject to hydrolysis) is 1. The second kappa shape index (κ2) is 7.86. The lowest BCUT2D eigenvalue weighted by Gasteiger charge is -2.21. The molecule has 2 atom stereocenters. The van der Waals surface area contributed by atoms with E-state index in [0.717, 1.165) is 0 Å². The summed E-state index contributed by atoms with van der Waals surface area (Å²) in [4.78, 5) is 25.9. The number of nitrogens with one attached hydrogen (secondary N) is 1. The van der Waals surface area contributed by atoms with E-state index in [1.165, 1.54) is 18.5 Å². The van der Waals surface area contributed by atoms with Gasteiger partial charge in [0.1, 0.15) is 11.7 Å². The Bertz CT molecular complexity index is 513. The first-order valence-corrected chi connectivity index (χ1v) is 6.96. The summed E-state index contributed by atoms with van der Waals surface area (Å²) in [6.45, 7) is 5.39. The van der Waals surface area contributed by atoms with Gasteiger partial charge in [0.25, 0.3) is 0 Å². The zero-order valence-electron chi connectivity index (χ0n) is 12.9. The molecular weight excluding hydrogens is 288 g/mol. The van der Waals surface area contributed by atoms with Gasteiger partial charge in [-0.3, -0.25) is 9.78 Å². The summed E-state index contributed by atoms with van der Waals surface area (Å²) in [7, 11) is 0. The molecule has 1 amide bonds. The van der Waals surface area contributed by atoms with E-state index in [4.69, 9.17) is 4.74 Å². The van der Waals surface area contributed by atoms with Crippen LogP contribution in [0.25, 0.3) is 0 Å². The van der Waals surface area contributed by atoms with Crippen LogP contribution in [0.15, 0.2) is 18.5 Å². The molecule has 0 aliphatic rings. The predicted octanol–water partition coefficient (Wildman–Crippen LogP) is 1.20. The zero-order chi connectivity index (χ0) is 16.8. The largest absolute Gasteiger partial charge is 0.444 e. The second-order valence-corrected chi connectivity index (χ2v) is 5.90. The van der Waals surface area contributed by atoms with Crippen molar-refractivity contribution in [3.8, 4) is 0 Å². The van der Waals surface area contributed by atoms with E-state index in [2.05, 4.69) is 10.3 Å². The average Bonchev–Trinajstić information content (AvgIpc) is 2.44. The zero-order valence-corrected chi connectivity index (χ0v) is 12.9. The fourth-order valence-corrected chi connectivity index (χ4v) is 1.72. The normalized spacial score (nSPS) is 14.0. The molecule has 0 fully saturated rings. The number of hydrogen-bond acceptors (Lipinski definition) is 6. The van der Waals surface area contributed by atoms with Crippen molar-refractivity contribution in [1.82, 2.24) is 10.3 Å². The van der Waals surface area contributed by atoms with E-state index < -0.39 is 23.9 Å². The van der Waals surface area contributed by atoms with E-state index >= 15 is 0 Å². The van der Waals surface area contributed by atoms with Crippen molar-refractivity contribution < 1.29 is 24.5 Å². The van der Waals surface area contributed by atoms with Gasteiger partial charge in [0.05, 0.1) is 6.10 Å². The van der Waals surface area contributed by atoms with E-state index in [1.807, 2.05) is 0 Å². The second-order valence-electron chi connectivity index (χ2n) is 5.90. The summed E-state index contributed by atoms with van der Waals surface area (Å²) in [6.07, 6.45) is 0.609. The van der Waals surface area contributed by atoms with E-state index in [1.54, 1.807) is 20.8 Å². The molecule has 1 heterocycles. The number of aldehydes is 1. The Morgan fingerprint density at radius 1 is 1.41 bits per heavy atom. The first-order chi connectivity index (χ1) is 10.2. The number of amides is 1. The van der Waals surface area contributed by atoms with Crippen LogP contribution < -0.4 is 5.32 Å². The topological polar surface area (TPSA) is 109 Å². The van der Waals surface area contributed by atoms with E-state index in [0.29, 0.717) is 17.4 Å². The van der Waals surface area contributed by atoms with Crippen LogP contribution in [0.1, 0.15) is 49.2 Å². The number of aliphatic hydroxyl groups excluding tert-OH is 2. The molecule has 22 heavy (non-hydrogen) atoms. The number of nitrogens with zero attached hydrogens (tertiary/aromatic N) is 1. The van der Waals surface area contributed by atoms with Crippen molar-refractivity contribution >= 4 is 12.4 Å². The lowest BCUT2D eigenvalue weighted by molar-refractivity contribution is 0.0121. The fraction of sp³-hybridized carbons (Fsp3) is 0.533. The maximum absolute atomic E-state index is 11.4. The minimum atomic E-state index is -1.19. The highest BCUT2D eigenvalue weighted by Crippen LogP contribution is 2.18. The third-order valence-electron chi connectivity index (χ3n) is 2.73. The Hall–Kier alpha value is -1.99. The molecule has 2 unspecified atom stereocenters. The van der Waals surface area contributed by atoms with Crippen molar-refractivity contribution in [1.29, 1.82) is 0 Å². The smallest absolute Gasteiger partial charge is 0.407 e. The van der Waals surface area contributed by atoms with Crippen LogP contribution >= 0.6 is 0 Å². The van der Waals surface area contributed by atoms with Gasteiger partial charge >= 0.3 is 6.09 Å². The number of carbonyl (C=O) groups excluding carboxylic acids is 2. The minimum absolute atomic E-state index is 0.131. The number of rotatable bonds is 6. The Morgan fingerprint density at radius 3 is 2.68 bits per heavy atom. The third-order valence-corrected chi connectivity index (χ3v) is 2.73. The van der Waals surface area contributed by atoms with Gasteiger partial charge in [0.2, 0.25) is 0 Å². The average molecular weight is 310 g/mol. The maximum atomic E-state index is 11.4. The number of carbonyl (C=O) groups is 2. The van der Waals surface area contributed by atoms with Crippen LogP contribution in [0.5, 0.6) is 0 Å². The number of aromatic nitrogens is 1. The molecule has 1 rings (SSSR count). The Kier molecular flexibility index (Phi) is 6.45. The van der Waals surface area contributed by atoms with Crippen molar-refractivity contribution in [2.75, 3.05) is 6.54 Å². The van der Waals surface area contributed by atoms with Crippen LogP contribution in [-0.4, -0.2) is 45.8 Å². The molecule has 0 bridgehead atoms. The van der Waals surface area contributed by atoms with Crippen LogP contribution in [0, 0.1) is 0 Å². The van der Waals surface area contributed by atoms with Gasteiger partial charge in [-0.05, 0) is 33.3 Å². The molecule has 122 valence electrons. The highest BCUT2D eigenvalue weighted by atomic mass is 16.6. The standard InChI is InChI=1S/C15H22N2O5/c1-15(2,3)22-14(21)17-5-4-12(19)13(20)11-6-10(9-18)7-16-8-11/h6-9,12-13,19-20H,4-5H2,1-3H3,(H,17,21). The molecule has 0 aromatic carbocycles. The first kappa shape index (κ1) is 18.1. The Labute approximate surface area is 129 Å². The lowest BCUT2D eigenvalue weighted by atomic mass is 10.0. The summed E-state index contributed by atoms with van der Waals surface area (Å²) >= 11 is 0. The predicted molar refractivity (Wildman–Crippen MR) is 79.4 cm³/mol. The maximum Gasteiger partial charge on any atom is 0.407 e. The van der Waals surface area contributed by atoms with E-state index in [-0.39, 0.29) is 13.0 Å². The van der Waals surface area contributed by atoms with Crippen LogP contribution in [0.3, 0.4) is 0 Å². The highest BCUT2D eigenvalue weighted by molar-refractivity contribution is 5.74. The summed E-state index contributed by atoms with van der Waals surface area (Å²) in [6, 6.07) is 1.45. The molecule has 0 saturated carbocycles. The molecule has 0 aliphatic carbocycles. The quantitative estimate of drug-likeness (QED) is 0.681. The van der Waals surface area contributed by atoms with Crippen LogP contribution in [-0.2, 0) is 4.74 Å². The molecule has 0 radical (unpaired) electrons. The third kappa shape index (κ3) is 6.19. The fourth-order valence-electron chi connectivity index (χ4n) is 1.72. The molecule has 3 N–H and O–H groups in total.